The van der Waals surface area contributed by atoms with Gasteiger partial charge in [0.25, 0.3) is 0 Å². The molecule has 1 saturated carbocycles. The van der Waals surface area contributed by atoms with Crippen LogP contribution in [0, 0.1) is 11.8 Å². The molecule has 0 bridgehead atoms. The number of hydrogen-bond donors (Lipinski definition) is 4. The van der Waals surface area contributed by atoms with E-state index in [0.717, 1.165) is 51.4 Å². The number of carboxylic acid groups (broad SMARTS) is 1. The minimum atomic E-state index is -0.753. The van der Waals surface area contributed by atoms with E-state index in [1.807, 2.05) is 6.08 Å². The number of hydrogen-bond acceptors (Lipinski definition) is 4. The number of unbranched alkanes of at least 4 members (excludes halogenated alkanes) is 5. The van der Waals surface area contributed by atoms with Crippen molar-refractivity contribution < 1.29 is 25.2 Å². The molecule has 1 rings (SSSR count). The van der Waals surface area contributed by atoms with Crippen LogP contribution in [0.25, 0.3) is 0 Å². The summed E-state index contributed by atoms with van der Waals surface area (Å²) in [4.78, 5) is 10.5. The number of aliphatic hydroxyl groups is 3. The van der Waals surface area contributed by atoms with Gasteiger partial charge in [0.2, 0.25) is 0 Å². The third kappa shape index (κ3) is 8.84. The topological polar surface area (TPSA) is 98.0 Å². The van der Waals surface area contributed by atoms with Crippen LogP contribution in [0.2, 0.25) is 0 Å². The molecule has 146 valence electrons. The number of carbonyl (C=O) groups is 1. The van der Waals surface area contributed by atoms with E-state index in [2.05, 4.69) is 6.92 Å². The first-order chi connectivity index (χ1) is 12.0. The first-order valence-corrected chi connectivity index (χ1v) is 9.90. The molecule has 0 aromatic rings. The average Bonchev–Trinajstić information content (AvgIpc) is 2.82. The van der Waals surface area contributed by atoms with Crippen molar-refractivity contribution >= 4 is 5.97 Å². The van der Waals surface area contributed by atoms with Crippen molar-refractivity contribution in [3.05, 3.63) is 12.2 Å². The van der Waals surface area contributed by atoms with Crippen molar-refractivity contribution in [3.8, 4) is 0 Å². The molecule has 0 spiro atoms. The molecule has 1 fully saturated rings. The molecule has 0 amide bonds. The van der Waals surface area contributed by atoms with Crippen LogP contribution in [0.4, 0.5) is 0 Å². The second kappa shape index (κ2) is 12.4. The molecule has 5 nitrogen and oxygen atoms in total. The molecule has 0 heterocycles. The third-order valence-electron chi connectivity index (χ3n) is 5.25. The summed E-state index contributed by atoms with van der Waals surface area (Å²) in [6.07, 6.45) is 11.0. The quantitative estimate of drug-likeness (QED) is 0.300. The molecule has 0 aromatic heterocycles. The number of carboxylic acids is 1. The summed E-state index contributed by atoms with van der Waals surface area (Å²) in [5, 5.41) is 39.0. The minimum absolute atomic E-state index is 0.0218. The van der Waals surface area contributed by atoms with E-state index >= 15 is 0 Å². The van der Waals surface area contributed by atoms with Crippen LogP contribution in [0.1, 0.15) is 77.6 Å². The smallest absolute Gasteiger partial charge is 0.303 e. The van der Waals surface area contributed by atoms with Crippen molar-refractivity contribution in [2.75, 3.05) is 0 Å². The molecule has 0 aliphatic heterocycles. The zero-order valence-corrected chi connectivity index (χ0v) is 15.5. The Hall–Kier alpha value is -0.910. The zero-order chi connectivity index (χ0) is 18.7. The molecule has 1 aliphatic rings. The Morgan fingerprint density at radius 2 is 1.80 bits per heavy atom. The largest absolute Gasteiger partial charge is 0.481 e. The van der Waals surface area contributed by atoms with E-state index in [-0.39, 0.29) is 18.3 Å². The maximum absolute atomic E-state index is 10.5. The number of aliphatic carboxylic acids is 1. The van der Waals surface area contributed by atoms with E-state index < -0.39 is 24.3 Å². The normalized spacial score (nSPS) is 27.8. The highest BCUT2D eigenvalue weighted by Crippen LogP contribution is 2.37. The van der Waals surface area contributed by atoms with Gasteiger partial charge in [-0.3, -0.25) is 4.79 Å². The lowest BCUT2D eigenvalue weighted by atomic mass is 9.88. The lowest BCUT2D eigenvalue weighted by Crippen LogP contribution is -2.21. The standard InChI is InChI=1S/C20H36O5/c1-2-3-6-9-15(21)12-13-17-16(18(22)14-19(17)23)10-7-4-5-8-11-20(24)25/h12-13,15-19,21-23H,2-11,14H2,1H3,(H,24,25)/t15-,16+,17+,18-,19+/m0/s1. The monoisotopic (exact) mass is 356 g/mol. The number of aliphatic hydroxyl groups excluding tert-OH is 3. The highest BCUT2D eigenvalue weighted by Gasteiger charge is 2.39. The third-order valence-corrected chi connectivity index (χ3v) is 5.25. The van der Waals surface area contributed by atoms with Crippen LogP contribution in [-0.4, -0.2) is 44.7 Å². The lowest BCUT2D eigenvalue weighted by Gasteiger charge is -2.21. The van der Waals surface area contributed by atoms with Crippen molar-refractivity contribution in [2.45, 2.75) is 95.9 Å². The highest BCUT2D eigenvalue weighted by molar-refractivity contribution is 5.66. The summed E-state index contributed by atoms with van der Waals surface area (Å²) in [7, 11) is 0. The molecule has 25 heavy (non-hydrogen) atoms. The summed E-state index contributed by atoms with van der Waals surface area (Å²) >= 11 is 0. The first-order valence-electron chi connectivity index (χ1n) is 9.90. The fourth-order valence-electron chi connectivity index (χ4n) is 3.74. The van der Waals surface area contributed by atoms with Crippen LogP contribution in [0.5, 0.6) is 0 Å². The van der Waals surface area contributed by atoms with Crippen LogP contribution in [0.3, 0.4) is 0 Å². The molecule has 0 radical (unpaired) electrons. The van der Waals surface area contributed by atoms with E-state index in [1.165, 1.54) is 0 Å². The van der Waals surface area contributed by atoms with Gasteiger partial charge in [0.05, 0.1) is 18.3 Å². The Morgan fingerprint density at radius 1 is 1.08 bits per heavy atom. The predicted octanol–water partition coefficient (Wildman–Crippen LogP) is 3.27. The second-order valence-electron chi connectivity index (χ2n) is 7.41. The first kappa shape index (κ1) is 22.1. The van der Waals surface area contributed by atoms with E-state index in [1.54, 1.807) is 6.08 Å². The Balaban J connectivity index is 2.38. The van der Waals surface area contributed by atoms with Crippen molar-refractivity contribution in [1.29, 1.82) is 0 Å². The fraction of sp³-hybridized carbons (Fsp3) is 0.850. The lowest BCUT2D eigenvalue weighted by molar-refractivity contribution is -0.137. The van der Waals surface area contributed by atoms with E-state index in [0.29, 0.717) is 12.8 Å². The minimum Gasteiger partial charge on any atom is -0.481 e. The van der Waals surface area contributed by atoms with Gasteiger partial charge >= 0.3 is 5.97 Å². The highest BCUT2D eigenvalue weighted by atomic mass is 16.4. The molecule has 5 atom stereocenters. The fourth-order valence-corrected chi connectivity index (χ4v) is 3.74. The zero-order valence-electron chi connectivity index (χ0n) is 15.5. The van der Waals surface area contributed by atoms with E-state index in [9.17, 15) is 20.1 Å². The average molecular weight is 357 g/mol. The molecule has 0 aromatic carbocycles. The Labute approximate surface area is 151 Å². The summed E-state index contributed by atoms with van der Waals surface area (Å²) in [5.74, 6) is -0.833. The summed E-state index contributed by atoms with van der Waals surface area (Å²) < 4.78 is 0. The SMILES string of the molecule is CCCCC[C@H](O)C=C[C@@H]1[C@@H](CCCCCCC(=O)O)[C@@H](O)C[C@H]1O. The van der Waals surface area contributed by atoms with Crippen LogP contribution in [-0.2, 0) is 4.79 Å². The summed E-state index contributed by atoms with van der Waals surface area (Å²) in [5.41, 5.74) is 0. The number of rotatable bonds is 13. The maximum Gasteiger partial charge on any atom is 0.303 e. The van der Waals surface area contributed by atoms with Gasteiger partial charge in [0.1, 0.15) is 0 Å². The molecule has 0 saturated heterocycles. The molecule has 0 unspecified atom stereocenters. The van der Waals surface area contributed by atoms with Crippen molar-refractivity contribution in [2.24, 2.45) is 11.8 Å². The van der Waals surface area contributed by atoms with Crippen molar-refractivity contribution in [1.82, 2.24) is 0 Å². The van der Waals surface area contributed by atoms with Crippen LogP contribution < -0.4 is 0 Å². The second-order valence-corrected chi connectivity index (χ2v) is 7.41. The van der Waals surface area contributed by atoms with Crippen LogP contribution in [0.15, 0.2) is 12.2 Å². The van der Waals surface area contributed by atoms with Gasteiger partial charge in [0.15, 0.2) is 0 Å². The molecular formula is C20H36O5. The van der Waals surface area contributed by atoms with Gasteiger partial charge < -0.3 is 20.4 Å². The maximum atomic E-state index is 10.5. The van der Waals surface area contributed by atoms with Gasteiger partial charge in [-0.05, 0) is 25.2 Å². The molecular weight excluding hydrogens is 320 g/mol. The van der Waals surface area contributed by atoms with Crippen LogP contribution >= 0.6 is 0 Å². The predicted molar refractivity (Wildman–Crippen MR) is 98.2 cm³/mol. The Kier molecular flexibility index (Phi) is 11.0. The molecule has 1 aliphatic carbocycles. The van der Waals surface area contributed by atoms with E-state index in [4.69, 9.17) is 5.11 Å². The van der Waals surface area contributed by atoms with Crippen molar-refractivity contribution in [3.63, 3.8) is 0 Å². The van der Waals surface area contributed by atoms with Gasteiger partial charge in [-0.2, -0.15) is 0 Å². The van der Waals surface area contributed by atoms with Gasteiger partial charge in [-0.1, -0.05) is 57.6 Å². The van der Waals surface area contributed by atoms with Gasteiger partial charge in [-0.15, -0.1) is 0 Å². The Bertz CT molecular complexity index is 396. The van der Waals surface area contributed by atoms with Gasteiger partial charge in [-0.25, -0.2) is 0 Å². The summed E-state index contributed by atoms with van der Waals surface area (Å²) in [6.45, 7) is 2.13. The molecule has 4 N–H and O–H groups in total. The Morgan fingerprint density at radius 3 is 2.48 bits per heavy atom. The summed E-state index contributed by atoms with van der Waals surface area (Å²) in [6, 6.07) is 0. The van der Waals surface area contributed by atoms with Gasteiger partial charge in [0, 0.05) is 18.8 Å². The molecule has 5 heteroatoms.